The number of benzene rings is 2. The molecule has 1 fully saturated rings. The number of carbonyl (C=O) groups is 2. The van der Waals surface area contributed by atoms with E-state index >= 15 is 0 Å². The Morgan fingerprint density at radius 3 is 2.66 bits per heavy atom. The van der Waals surface area contributed by atoms with Crippen molar-refractivity contribution in [3.63, 3.8) is 0 Å². The second kappa shape index (κ2) is 9.61. The molecule has 1 atom stereocenters. The number of carbonyl (C=O) groups excluding carboxylic acids is 2. The summed E-state index contributed by atoms with van der Waals surface area (Å²) in [6.45, 7) is 6.07. The summed E-state index contributed by atoms with van der Waals surface area (Å²) in [4.78, 5) is 32.3. The van der Waals surface area contributed by atoms with Crippen LogP contribution in [0.5, 0.6) is 11.5 Å². The topological polar surface area (TPSA) is 68.2 Å². The Morgan fingerprint density at radius 1 is 1.16 bits per heavy atom. The van der Waals surface area contributed by atoms with E-state index in [2.05, 4.69) is 4.99 Å². The number of ether oxygens (including phenoxy) is 2. The highest BCUT2D eigenvalue weighted by atomic mass is 32.2. The van der Waals surface area contributed by atoms with E-state index in [0.717, 1.165) is 5.56 Å². The molecule has 6 nitrogen and oxygen atoms in total. The molecule has 1 amide bonds. The molecule has 0 spiro atoms. The highest BCUT2D eigenvalue weighted by Gasteiger charge is 2.41. The van der Waals surface area contributed by atoms with Crippen molar-refractivity contribution in [1.82, 2.24) is 4.90 Å². The number of esters is 1. The van der Waals surface area contributed by atoms with Gasteiger partial charge in [-0.1, -0.05) is 55.9 Å². The highest BCUT2D eigenvalue weighted by molar-refractivity contribution is 8.14. The zero-order chi connectivity index (χ0) is 22.7. The average molecular weight is 451 g/mol. The van der Waals surface area contributed by atoms with Crippen molar-refractivity contribution in [2.75, 3.05) is 12.4 Å². The van der Waals surface area contributed by atoms with Gasteiger partial charge in [-0.05, 0) is 42.7 Å². The highest BCUT2D eigenvalue weighted by Crippen LogP contribution is 2.41. The van der Waals surface area contributed by atoms with Crippen LogP contribution in [-0.2, 0) is 14.3 Å². The molecule has 0 bridgehead atoms. The monoisotopic (exact) mass is 450 g/mol. The van der Waals surface area contributed by atoms with Crippen molar-refractivity contribution >= 4 is 28.8 Å². The molecule has 2 aromatic carbocycles. The maximum Gasteiger partial charge on any atom is 0.338 e. The van der Waals surface area contributed by atoms with Crippen LogP contribution in [0.3, 0.4) is 0 Å². The van der Waals surface area contributed by atoms with Crippen molar-refractivity contribution < 1.29 is 19.1 Å². The van der Waals surface area contributed by atoms with Gasteiger partial charge in [-0.2, -0.15) is 0 Å². The molecule has 0 aliphatic carbocycles. The van der Waals surface area contributed by atoms with Gasteiger partial charge in [0.2, 0.25) is 5.91 Å². The first-order chi connectivity index (χ1) is 15.4. The zero-order valence-electron chi connectivity index (χ0n) is 18.4. The van der Waals surface area contributed by atoms with Gasteiger partial charge >= 0.3 is 5.97 Å². The third-order valence-electron chi connectivity index (χ3n) is 5.13. The summed E-state index contributed by atoms with van der Waals surface area (Å²) < 4.78 is 11.6. The average Bonchev–Trinajstić information content (AvgIpc) is 2.77. The minimum absolute atomic E-state index is 0.0523. The van der Waals surface area contributed by atoms with Crippen LogP contribution in [0.1, 0.15) is 38.8 Å². The van der Waals surface area contributed by atoms with Crippen LogP contribution < -0.4 is 4.74 Å². The van der Waals surface area contributed by atoms with Gasteiger partial charge in [-0.3, -0.25) is 9.69 Å². The second-order valence-corrected chi connectivity index (χ2v) is 9.20. The van der Waals surface area contributed by atoms with Gasteiger partial charge in [0, 0.05) is 12.2 Å². The normalized spacial score (nSPS) is 18.4. The summed E-state index contributed by atoms with van der Waals surface area (Å²) in [7, 11) is 0. The van der Waals surface area contributed by atoms with Crippen molar-refractivity contribution in [1.29, 1.82) is 0 Å². The van der Waals surface area contributed by atoms with E-state index in [1.807, 2.05) is 68.4 Å². The van der Waals surface area contributed by atoms with Crippen LogP contribution in [-0.4, -0.2) is 34.3 Å². The molecule has 0 saturated carbocycles. The Hall–Kier alpha value is -3.06. The third kappa shape index (κ3) is 4.72. The molecule has 0 radical (unpaired) electrons. The molecule has 2 heterocycles. The first kappa shape index (κ1) is 22.1. The number of aliphatic imine (C=N–C) groups is 1. The maximum absolute atomic E-state index is 13.1. The van der Waals surface area contributed by atoms with Crippen LogP contribution in [0.2, 0.25) is 0 Å². The molecular formula is C25H26N2O4S. The molecule has 7 heteroatoms. The van der Waals surface area contributed by atoms with E-state index < -0.39 is 12.0 Å². The number of rotatable bonds is 6. The summed E-state index contributed by atoms with van der Waals surface area (Å²) in [5, 5.41) is 0.624. The summed E-state index contributed by atoms with van der Waals surface area (Å²) in [5.74, 6) is 1.73. The third-order valence-corrected chi connectivity index (χ3v) is 6.08. The van der Waals surface area contributed by atoms with Crippen molar-refractivity contribution in [3.8, 4) is 11.5 Å². The SMILES string of the molecule is CC1=C(C(=O)OCC(C)C)[C@@H](c2cccc(Oc3ccccc3)c2)N2C(=O)CCSC2=N1. The van der Waals surface area contributed by atoms with Crippen LogP contribution >= 0.6 is 11.8 Å². The molecule has 0 N–H and O–H groups in total. The van der Waals surface area contributed by atoms with Gasteiger partial charge in [0.1, 0.15) is 11.5 Å². The van der Waals surface area contributed by atoms with Gasteiger partial charge in [0.05, 0.1) is 23.9 Å². The van der Waals surface area contributed by atoms with E-state index in [9.17, 15) is 9.59 Å². The van der Waals surface area contributed by atoms with Gasteiger partial charge in [-0.25, -0.2) is 9.79 Å². The maximum atomic E-state index is 13.1. The number of para-hydroxylation sites is 1. The Morgan fingerprint density at radius 2 is 1.91 bits per heavy atom. The number of nitrogens with zero attached hydrogens (tertiary/aromatic N) is 2. The Bertz CT molecular complexity index is 1080. The van der Waals surface area contributed by atoms with Crippen molar-refractivity contribution in [3.05, 3.63) is 71.4 Å². The fourth-order valence-corrected chi connectivity index (χ4v) is 4.67. The zero-order valence-corrected chi connectivity index (χ0v) is 19.2. The molecule has 2 aromatic rings. The largest absolute Gasteiger partial charge is 0.462 e. The molecular weight excluding hydrogens is 424 g/mol. The lowest BCUT2D eigenvalue weighted by Gasteiger charge is -2.39. The summed E-state index contributed by atoms with van der Waals surface area (Å²) in [6, 6.07) is 16.4. The molecule has 0 unspecified atom stereocenters. The predicted octanol–water partition coefficient (Wildman–Crippen LogP) is 5.33. The van der Waals surface area contributed by atoms with E-state index in [1.165, 1.54) is 11.8 Å². The van der Waals surface area contributed by atoms with Crippen molar-refractivity contribution in [2.24, 2.45) is 10.9 Å². The Labute approximate surface area is 192 Å². The van der Waals surface area contributed by atoms with E-state index in [1.54, 1.807) is 11.8 Å². The van der Waals surface area contributed by atoms with E-state index in [4.69, 9.17) is 9.47 Å². The number of thioether (sulfide) groups is 1. The molecule has 2 aliphatic rings. The lowest BCUT2D eigenvalue weighted by Crippen LogP contribution is -2.45. The van der Waals surface area contributed by atoms with Gasteiger partial charge in [-0.15, -0.1) is 0 Å². The Balaban J connectivity index is 1.74. The summed E-state index contributed by atoms with van der Waals surface area (Å²) in [6.07, 6.45) is 0.397. The molecule has 166 valence electrons. The molecule has 32 heavy (non-hydrogen) atoms. The molecule has 2 aliphatic heterocycles. The number of hydrogen-bond donors (Lipinski definition) is 0. The second-order valence-electron chi connectivity index (χ2n) is 8.14. The first-order valence-electron chi connectivity index (χ1n) is 10.7. The number of amides is 1. The number of hydrogen-bond acceptors (Lipinski definition) is 6. The number of amidine groups is 1. The minimum Gasteiger partial charge on any atom is -0.462 e. The van der Waals surface area contributed by atoms with E-state index in [-0.39, 0.29) is 11.8 Å². The van der Waals surface area contributed by atoms with Gasteiger partial charge < -0.3 is 9.47 Å². The molecule has 4 rings (SSSR count). The quantitative estimate of drug-likeness (QED) is 0.557. The smallest absolute Gasteiger partial charge is 0.338 e. The van der Waals surface area contributed by atoms with E-state index in [0.29, 0.717) is 46.7 Å². The Kier molecular flexibility index (Phi) is 6.65. The van der Waals surface area contributed by atoms with Crippen molar-refractivity contribution in [2.45, 2.75) is 33.2 Å². The predicted molar refractivity (Wildman–Crippen MR) is 126 cm³/mol. The van der Waals surface area contributed by atoms with Crippen LogP contribution in [0, 0.1) is 5.92 Å². The fourth-order valence-electron chi connectivity index (χ4n) is 3.67. The standard InChI is InChI=1S/C25H26N2O4S/c1-16(2)15-30-24(29)22-17(3)26-25-27(21(28)12-13-32-25)23(22)18-8-7-11-20(14-18)31-19-9-5-4-6-10-19/h4-11,14,16,23H,12-13,15H2,1-3H3/t23-/m1/s1. The lowest BCUT2D eigenvalue weighted by atomic mass is 9.94. The van der Waals surface area contributed by atoms with Crippen LogP contribution in [0.15, 0.2) is 70.9 Å². The molecule has 1 saturated heterocycles. The first-order valence-corrected chi connectivity index (χ1v) is 11.7. The van der Waals surface area contributed by atoms with Gasteiger partial charge in [0.15, 0.2) is 5.17 Å². The van der Waals surface area contributed by atoms with Crippen LogP contribution in [0.4, 0.5) is 0 Å². The number of allylic oxidation sites excluding steroid dienone is 1. The number of fused-ring (bicyclic) bond motifs is 1. The van der Waals surface area contributed by atoms with Gasteiger partial charge in [0.25, 0.3) is 0 Å². The summed E-state index contributed by atoms with van der Waals surface area (Å²) >= 11 is 1.53. The summed E-state index contributed by atoms with van der Waals surface area (Å²) in [5.41, 5.74) is 1.74. The lowest BCUT2D eigenvalue weighted by molar-refractivity contribution is -0.141. The molecule has 0 aromatic heterocycles. The van der Waals surface area contributed by atoms with Crippen LogP contribution in [0.25, 0.3) is 0 Å². The minimum atomic E-state index is -0.609. The fraction of sp³-hybridized carbons (Fsp3) is 0.320.